The molecule has 1 fully saturated rings. The monoisotopic (exact) mass is 388 g/mol. The summed E-state index contributed by atoms with van der Waals surface area (Å²) in [6.45, 7) is 8.67. The number of carbonyl (C=O) groups excluding carboxylic acids is 1. The van der Waals surface area contributed by atoms with Gasteiger partial charge in [0.25, 0.3) is 0 Å². The zero-order chi connectivity index (χ0) is 20.4. The van der Waals surface area contributed by atoms with Crippen LogP contribution in [-0.4, -0.2) is 17.1 Å². The normalized spacial score (nSPS) is 19.4. The number of hydrogen-bond acceptors (Lipinski definition) is 3. The number of aromatic nitrogens is 1. The predicted molar refractivity (Wildman–Crippen MR) is 120 cm³/mol. The van der Waals surface area contributed by atoms with Gasteiger partial charge < -0.3 is 20.9 Å². The maximum absolute atomic E-state index is 13.2. The van der Waals surface area contributed by atoms with Gasteiger partial charge in [-0.1, -0.05) is 26.8 Å². The number of H-pyrrole nitrogens is 1. The fourth-order valence-corrected chi connectivity index (χ4v) is 4.23. The van der Waals surface area contributed by atoms with Gasteiger partial charge in [-0.25, -0.2) is 0 Å². The van der Waals surface area contributed by atoms with Crippen LogP contribution in [0.4, 0.5) is 17.1 Å². The fraction of sp³-hybridized carbons (Fsp3) is 0.375. The van der Waals surface area contributed by atoms with Gasteiger partial charge in [0.2, 0.25) is 5.91 Å². The minimum absolute atomic E-state index is 0.0639. The Morgan fingerprint density at radius 2 is 1.79 bits per heavy atom. The molecule has 1 amide bonds. The second-order valence-corrected chi connectivity index (χ2v) is 9.54. The highest BCUT2D eigenvalue weighted by Gasteiger charge is 2.51. The maximum Gasteiger partial charge on any atom is 0.235 e. The fourth-order valence-electron chi connectivity index (χ4n) is 4.23. The Hall–Kier alpha value is -2.95. The molecule has 5 rings (SSSR count). The van der Waals surface area contributed by atoms with E-state index in [4.69, 9.17) is 0 Å². The quantitative estimate of drug-likeness (QED) is 0.491. The number of benzene rings is 2. The number of fused-ring (bicyclic) bond motifs is 2. The van der Waals surface area contributed by atoms with E-state index in [0.29, 0.717) is 0 Å². The molecule has 0 spiro atoms. The van der Waals surface area contributed by atoms with E-state index in [2.05, 4.69) is 79.0 Å². The molecule has 5 nitrogen and oxygen atoms in total. The van der Waals surface area contributed by atoms with Gasteiger partial charge in [-0.15, -0.1) is 0 Å². The molecule has 1 aliphatic carbocycles. The van der Waals surface area contributed by atoms with Crippen molar-refractivity contribution in [1.82, 2.24) is 4.98 Å². The van der Waals surface area contributed by atoms with Crippen molar-refractivity contribution in [1.29, 1.82) is 0 Å². The van der Waals surface area contributed by atoms with Gasteiger partial charge in [-0.2, -0.15) is 0 Å². The third-order valence-corrected chi connectivity index (χ3v) is 6.19. The van der Waals surface area contributed by atoms with Crippen LogP contribution in [0.15, 0.2) is 42.5 Å². The topological polar surface area (TPSA) is 69.0 Å². The van der Waals surface area contributed by atoms with Crippen LogP contribution in [0.25, 0.3) is 10.9 Å². The Morgan fingerprint density at radius 1 is 1.03 bits per heavy atom. The molecule has 0 bridgehead atoms. The molecular formula is C24H28N4O. The molecule has 150 valence electrons. The average Bonchev–Trinajstić information content (AvgIpc) is 3.21. The molecule has 3 aromatic rings. The number of amides is 1. The number of aromatic amines is 1. The van der Waals surface area contributed by atoms with Crippen molar-refractivity contribution in [3.8, 4) is 0 Å². The van der Waals surface area contributed by atoms with Crippen LogP contribution in [0.2, 0.25) is 0 Å². The van der Waals surface area contributed by atoms with Crippen molar-refractivity contribution in [2.24, 2.45) is 0 Å². The van der Waals surface area contributed by atoms with Crippen LogP contribution in [0, 0.1) is 0 Å². The zero-order valence-corrected chi connectivity index (χ0v) is 17.4. The Kier molecular flexibility index (Phi) is 3.76. The molecule has 2 aliphatic rings. The van der Waals surface area contributed by atoms with E-state index in [1.54, 1.807) is 0 Å². The Bertz CT molecular complexity index is 1120. The molecule has 4 N–H and O–H groups in total. The van der Waals surface area contributed by atoms with Crippen molar-refractivity contribution >= 4 is 33.9 Å². The average molecular weight is 389 g/mol. The van der Waals surface area contributed by atoms with E-state index in [-0.39, 0.29) is 17.5 Å². The van der Waals surface area contributed by atoms with Crippen LogP contribution in [0.5, 0.6) is 0 Å². The molecule has 5 heteroatoms. The van der Waals surface area contributed by atoms with E-state index in [1.165, 1.54) is 5.69 Å². The van der Waals surface area contributed by atoms with E-state index in [0.717, 1.165) is 46.4 Å². The van der Waals surface area contributed by atoms with E-state index < -0.39 is 5.41 Å². The van der Waals surface area contributed by atoms with Crippen LogP contribution in [0.1, 0.15) is 51.8 Å². The van der Waals surface area contributed by atoms with Gasteiger partial charge in [0.15, 0.2) is 0 Å². The van der Waals surface area contributed by atoms with Crippen LogP contribution < -0.4 is 16.0 Å². The summed E-state index contributed by atoms with van der Waals surface area (Å²) in [7, 11) is 0. The van der Waals surface area contributed by atoms with E-state index in [1.807, 2.05) is 12.1 Å². The summed E-state index contributed by atoms with van der Waals surface area (Å²) in [5, 5.41) is 11.1. The number of hydrogen-bond donors (Lipinski definition) is 4. The van der Waals surface area contributed by atoms with Crippen LogP contribution >= 0.6 is 0 Å². The first kappa shape index (κ1) is 18.1. The van der Waals surface area contributed by atoms with E-state index in [9.17, 15) is 4.79 Å². The SMILES string of the molecule is CC1Nc2ccc(C3(C(=O)Nc4ccc5[nH]c(C(C)(C)C)cc5c4)CC3)cc2N1. The molecule has 1 unspecified atom stereocenters. The lowest BCUT2D eigenvalue weighted by Crippen LogP contribution is -2.27. The second kappa shape index (κ2) is 6.02. The van der Waals surface area contributed by atoms with Crippen molar-refractivity contribution in [2.45, 2.75) is 57.5 Å². The third kappa shape index (κ3) is 3.05. The number of anilines is 3. The molecule has 29 heavy (non-hydrogen) atoms. The summed E-state index contributed by atoms with van der Waals surface area (Å²) in [5.74, 6) is 0.0855. The summed E-state index contributed by atoms with van der Waals surface area (Å²) < 4.78 is 0. The molecule has 0 radical (unpaired) electrons. The minimum atomic E-state index is -0.411. The maximum atomic E-state index is 13.2. The van der Waals surface area contributed by atoms with Crippen LogP contribution in [-0.2, 0) is 15.6 Å². The zero-order valence-electron chi connectivity index (χ0n) is 17.4. The van der Waals surface area contributed by atoms with Crippen molar-refractivity contribution in [3.63, 3.8) is 0 Å². The lowest BCUT2D eigenvalue weighted by atomic mass is 9.92. The first-order valence-electron chi connectivity index (χ1n) is 10.4. The summed E-state index contributed by atoms with van der Waals surface area (Å²) in [6, 6.07) is 14.6. The number of rotatable bonds is 3. The molecular weight excluding hydrogens is 360 g/mol. The lowest BCUT2D eigenvalue weighted by molar-refractivity contribution is -0.118. The van der Waals surface area contributed by atoms with Crippen LogP contribution in [0.3, 0.4) is 0 Å². The van der Waals surface area contributed by atoms with Gasteiger partial charge in [0.1, 0.15) is 0 Å². The van der Waals surface area contributed by atoms with E-state index >= 15 is 0 Å². The number of carbonyl (C=O) groups is 1. The van der Waals surface area contributed by atoms with Crippen molar-refractivity contribution < 1.29 is 4.79 Å². The Morgan fingerprint density at radius 3 is 2.52 bits per heavy atom. The molecule has 1 aliphatic heterocycles. The van der Waals surface area contributed by atoms with Crippen molar-refractivity contribution in [2.75, 3.05) is 16.0 Å². The smallest absolute Gasteiger partial charge is 0.235 e. The first-order valence-corrected chi connectivity index (χ1v) is 10.4. The summed E-state index contributed by atoms with van der Waals surface area (Å²) in [5.41, 5.74) is 6.07. The summed E-state index contributed by atoms with van der Waals surface area (Å²) in [6.07, 6.45) is 2.00. The van der Waals surface area contributed by atoms with Gasteiger partial charge in [-0.3, -0.25) is 4.79 Å². The largest absolute Gasteiger partial charge is 0.364 e. The highest BCUT2D eigenvalue weighted by molar-refractivity contribution is 6.03. The molecule has 2 heterocycles. The van der Waals surface area contributed by atoms with Gasteiger partial charge in [0, 0.05) is 27.7 Å². The minimum Gasteiger partial charge on any atom is -0.364 e. The highest BCUT2D eigenvalue weighted by atomic mass is 16.2. The predicted octanol–water partition coefficient (Wildman–Crippen LogP) is 5.32. The van der Waals surface area contributed by atoms with Crippen molar-refractivity contribution in [3.05, 3.63) is 53.7 Å². The molecule has 1 saturated carbocycles. The summed E-state index contributed by atoms with van der Waals surface area (Å²) >= 11 is 0. The van der Waals surface area contributed by atoms with Gasteiger partial charge in [0.05, 0.1) is 23.0 Å². The molecule has 0 saturated heterocycles. The first-order chi connectivity index (χ1) is 13.7. The molecule has 1 atom stereocenters. The molecule has 2 aromatic carbocycles. The van der Waals surface area contributed by atoms with Gasteiger partial charge >= 0.3 is 0 Å². The second-order valence-electron chi connectivity index (χ2n) is 9.54. The standard InChI is InChI=1S/C24H28N4O/c1-14-25-19-7-5-16(13-20(19)26-14)24(9-10-24)22(29)27-17-6-8-18-15(11-17)12-21(28-18)23(2,3)4/h5-8,11-14,25-26,28H,9-10H2,1-4H3,(H,27,29). The third-order valence-electron chi connectivity index (χ3n) is 6.19. The van der Waals surface area contributed by atoms with Gasteiger partial charge in [-0.05, 0) is 61.7 Å². The molecule has 1 aromatic heterocycles. The Balaban J connectivity index is 1.39. The highest BCUT2D eigenvalue weighted by Crippen LogP contribution is 2.50. The lowest BCUT2D eigenvalue weighted by Gasteiger charge is -2.17. The summed E-state index contributed by atoms with van der Waals surface area (Å²) in [4.78, 5) is 16.7. The Labute approximate surface area is 171 Å². The number of nitrogens with one attached hydrogen (secondary N) is 4.